The van der Waals surface area contributed by atoms with Crippen molar-refractivity contribution >= 4 is 35.4 Å². The average Bonchev–Trinajstić information content (AvgIpc) is 2.94. The van der Waals surface area contributed by atoms with Crippen LogP contribution < -0.4 is 4.74 Å². The van der Waals surface area contributed by atoms with E-state index in [2.05, 4.69) is 0 Å². The second-order valence-electron chi connectivity index (χ2n) is 6.22. The lowest BCUT2D eigenvalue weighted by Gasteiger charge is -2.28. The van der Waals surface area contributed by atoms with Crippen molar-refractivity contribution in [3.8, 4) is 5.75 Å². The Balaban J connectivity index is 1.99. The van der Waals surface area contributed by atoms with Crippen molar-refractivity contribution in [3.63, 3.8) is 0 Å². The fraction of sp³-hybridized carbons (Fsp3) is 0.200. The summed E-state index contributed by atoms with van der Waals surface area (Å²) < 4.78 is 9.64. The first-order valence-corrected chi connectivity index (χ1v) is 8.84. The number of rotatable bonds is 5. The van der Waals surface area contributed by atoms with Gasteiger partial charge in [-0.1, -0.05) is 29.8 Å². The Morgan fingerprint density at radius 2 is 1.66 bits per heavy atom. The first-order chi connectivity index (χ1) is 13.8. The Kier molecular flexibility index (Phi) is 5.67. The Morgan fingerprint density at radius 3 is 2.14 bits per heavy atom. The Hall–Kier alpha value is -3.23. The van der Waals surface area contributed by atoms with Gasteiger partial charge in [-0.05, 0) is 29.8 Å². The summed E-state index contributed by atoms with van der Waals surface area (Å²) in [6.45, 7) is 1.20. The van der Waals surface area contributed by atoms with Crippen molar-refractivity contribution in [2.75, 3.05) is 7.11 Å². The molecule has 0 saturated heterocycles. The summed E-state index contributed by atoms with van der Waals surface area (Å²) >= 11 is 6.07. The molecule has 1 aliphatic heterocycles. The van der Waals surface area contributed by atoms with Crippen molar-refractivity contribution in [1.29, 1.82) is 0 Å². The third-order valence-corrected chi connectivity index (χ3v) is 4.69. The molecule has 0 unspecified atom stereocenters. The molecule has 8 nitrogen and oxygen atoms in total. The fourth-order valence-corrected chi connectivity index (χ4v) is 3.31. The van der Waals surface area contributed by atoms with E-state index < -0.39 is 35.9 Å². The highest BCUT2D eigenvalue weighted by atomic mass is 35.5. The molecule has 150 valence electrons. The number of benzene rings is 2. The zero-order valence-corrected chi connectivity index (χ0v) is 16.2. The highest BCUT2D eigenvalue weighted by Gasteiger charge is 2.46. The Morgan fingerprint density at radius 1 is 1.07 bits per heavy atom. The first kappa shape index (κ1) is 20.5. The van der Waals surface area contributed by atoms with E-state index in [0.29, 0.717) is 4.90 Å². The molecule has 2 amide bonds. The molecule has 1 heterocycles. The van der Waals surface area contributed by atoms with Crippen LogP contribution in [0.3, 0.4) is 0 Å². The van der Waals surface area contributed by atoms with E-state index in [9.17, 15) is 24.3 Å². The number of amides is 2. The topological polar surface area (TPSA) is 110 Å². The number of methoxy groups -OCH3 is 1. The molecule has 0 aromatic heterocycles. The van der Waals surface area contributed by atoms with Gasteiger partial charge < -0.3 is 14.6 Å². The van der Waals surface area contributed by atoms with Gasteiger partial charge in [-0.2, -0.15) is 0 Å². The summed E-state index contributed by atoms with van der Waals surface area (Å²) in [4.78, 5) is 49.7. The summed E-state index contributed by atoms with van der Waals surface area (Å²) in [5, 5.41) is 10.8. The number of carbonyl (C=O) groups is 4. The number of fused-ring (bicyclic) bond motifs is 1. The highest BCUT2D eigenvalue weighted by Crippen LogP contribution is 2.33. The molecule has 2 aromatic carbocycles. The standard InChI is InChI=1S/C20H16ClNO7/c1-10(23)29-15-8-7-11(9-14(15)21)17(24)16(20(27)28-2)22-18(25)12-5-3-4-6-13(12)19(22)26/h3-9,16-17,24H,1-2H3/t16-,17+/m0/s1. The smallest absolute Gasteiger partial charge is 0.332 e. The van der Waals surface area contributed by atoms with Crippen molar-refractivity contribution in [2.45, 2.75) is 19.1 Å². The lowest BCUT2D eigenvalue weighted by Crippen LogP contribution is -2.49. The largest absolute Gasteiger partial charge is 0.467 e. The molecule has 2 atom stereocenters. The molecule has 0 spiro atoms. The molecule has 1 aliphatic rings. The van der Waals surface area contributed by atoms with Gasteiger partial charge in [0.05, 0.1) is 23.3 Å². The molecule has 3 rings (SSSR count). The predicted octanol–water partition coefficient (Wildman–Crippen LogP) is 2.14. The van der Waals surface area contributed by atoms with E-state index in [-0.39, 0.29) is 27.5 Å². The highest BCUT2D eigenvalue weighted by molar-refractivity contribution is 6.32. The number of carbonyl (C=O) groups excluding carboxylic acids is 4. The van der Waals surface area contributed by atoms with Crippen LogP contribution in [-0.2, 0) is 14.3 Å². The molecule has 1 N–H and O–H groups in total. The van der Waals surface area contributed by atoms with Gasteiger partial charge in [-0.15, -0.1) is 0 Å². The van der Waals surface area contributed by atoms with E-state index in [1.807, 2.05) is 0 Å². The number of halogens is 1. The minimum atomic E-state index is -1.64. The van der Waals surface area contributed by atoms with Crippen LogP contribution >= 0.6 is 11.6 Å². The number of ether oxygens (including phenoxy) is 2. The predicted molar refractivity (Wildman–Crippen MR) is 100 cm³/mol. The first-order valence-electron chi connectivity index (χ1n) is 8.47. The molecule has 0 aliphatic carbocycles. The molecular formula is C20H16ClNO7. The summed E-state index contributed by atoms with van der Waals surface area (Å²) in [5.74, 6) is -2.94. The second-order valence-corrected chi connectivity index (χ2v) is 6.63. The van der Waals surface area contributed by atoms with Crippen LogP contribution in [0, 0.1) is 0 Å². The van der Waals surface area contributed by atoms with E-state index >= 15 is 0 Å². The van der Waals surface area contributed by atoms with Crippen LogP contribution in [0.25, 0.3) is 0 Å². The normalized spacial score (nSPS) is 15.0. The second kappa shape index (κ2) is 8.02. The monoisotopic (exact) mass is 417 g/mol. The maximum atomic E-state index is 12.7. The number of nitrogens with zero attached hydrogens (tertiary/aromatic N) is 1. The molecule has 9 heteroatoms. The molecule has 2 aromatic rings. The maximum Gasteiger partial charge on any atom is 0.332 e. The molecule has 0 saturated carbocycles. The van der Waals surface area contributed by atoms with Crippen molar-refractivity contribution in [2.24, 2.45) is 0 Å². The number of aliphatic hydroxyl groups is 1. The van der Waals surface area contributed by atoms with Crippen LogP contribution in [0.2, 0.25) is 5.02 Å². The fourth-order valence-electron chi connectivity index (χ4n) is 3.08. The number of imide groups is 1. The van der Waals surface area contributed by atoms with Gasteiger partial charge in [0.2, 0.25) is 0 Å². The van der Waals surface area contributed by atoms with Gasteiger partial charge in [0.15, 0.2) is 6.04 Å². The van der Waals surface area contributed by atoms with Crippen LogP contribution in [0.5, 0.6) is 5.75 Å². The van der Waals surface area contributed by atoms with Crippen molar-refractivity contribution in [1.82, 2.24) is 4.90 Å². The molecule has 0 fully saturated rings. The van der Waals surface area contributed by atoms with Gasteiger partial charge >= 0.3 is 11.9 Å². The molecule has 0 radical (unpaired) electrons. The SMILES string of the molecule is COC(=O)[C@H]([C@H](O)c1ccc(OC(C)=O)c(Cl)c1)N1C(=O)c2ccccc2C1=O. The average molecular weight is 418 g/mol. The van der Waals surface area contributed by atoms with Crippen LogP contribution in [-0.4, -0.2) is 46.9 Å². The number of esters is 2. The van der Waals surface area contributed by atoms with E-state index in [0.717, 1.165) is 7.11 Å². The van der Waals surface area contributed by atoms with E-state index in [1.165, 1.54) is 37.3 Å². The third kappa shape index (κ3) is 3.72. The lowest BCUT2D eigenvalue weighted by molar-refractivity contribution is -0.149. The minimum Gasteiger partial charge on any atom is -0.467 e. The molecule has 29 heavy (non-hydrogen) atoms. The maximum absolute atomic E-state index is 12.7. The Bertz CT molecular complexity index is 985. The molecule has 0 bridgehead atoms. The summed E-state index contributed by atoms with van der Waals surface area (Å²) in [6.07, 6.45) is -1.63. The van der Waals surface area contributed by atoms with Gasteiger partial charge in [-0.3, -0.25) is 19.3 Å². The summed E-state index contributed by atoms with van der Waals surface area (Å²) in [5.41, 5.74) is 0.376. The van der Waals surface area contributed by atoms with Crippen LogP contribution in [0.15, 0.2) is 42.5 Å². The lowest BCUT2D eigenvalue weighted by atomic mass is 10.0. The zero-order valence-electron chi connectivity index (χ0n) is 15.4. The number of aliphatic hydroxyl groups excluding tert-OH is 1. The van der Waals surface area contributed by atoms with Crippen LogP contribution in [0.1, 0.15) is 39.3 Å². The summed E-state index contributed by atoms with van der Waals surface area (Å²) in [6, 6.07) is 8.43. The number of hydrogen-bond donors (Lipinski definition) is 1. The minimum absolute atomic E-state index is 0.00252. The van der Waals surface area contributed by atoms with Gasteiger partial charge in [0.25, 0.3) is 11.8 Å². The van der Waals surface area contributed by atoms with Gasteiger partial charge in [0, 0.05) is 6.92 Å². The number of hydrogen-bond acceptors (Lipinski definition) is 7. The zero-order chi connectivity index (χ0) is 21.3. The van der Waals surface area contributed by atoms with Gasteiger partial charge in [0.1, 0.15) is 11.9 Å². The summed E-state index contributed by atoms with van der Waals surface area (Å²) in [7, 11) is 1.08. The van der Waals surface area contributed by atoms with Crippen molar-refractivity contribution in [3.05, 3.63) is 64.2 Å². The quantitative estimate of drug-likeness (QED) is 0.450. The molecular weight excluding hydrogens is 402 g/mol. The van der Waals surface area contributed by atoms with Crippen molar-refractivity contribution < 1.29 is 33.8 Å². The third-order valence-electron chi connectivity index (χ3n) is 4.40. The van der Waals surface area contributed by atoms with Crippen LogP contribution in [0.4, 0.5) is 0 Å². The van der Waals surface area contributed by atoms with E-state index in [4.69, 9.17) is 21.1 Å². The van der Waals surface area contributed by atoms with E-state index in [1.54, 1.807) is 12.1 Å². The Labute approximate surface area is 170 Å². The van der Waals surface area contributed by atoms with Gasteiger partial charge in [-0.25, -0.2) is 4.79 Å².